The minimum Gasteiger partial charge on any atom is -0.493 e. The number of pyridine rings is 1. The van der Waals surface area contributed by atoms with E-state index in [-0.39, 0.29) is 5.91 Å². The topological polar surface area (TPSA) is 63.7 Å². The lowest BCUT2D eigenvalue weighted by molar-refractivity contribution is 0.0366. The van der Waals surface area contributed by atoms with Crippen LogP contribution >= 0.6 is 0 Å². The second-order valence-corrected chi connectivity index (χ2v) is 9.44. The number of aromatic nitrogens is 1. The molecule has 2 saturated heterocycles. The van der Waals surface area contributed by atoms with E-state index in [1.165, 1.54) is 45.2 Å². The van der Waals surface area contributed by atoms with Crippen molar-refractivity contribution in [3.05, 3.63) is 84.1 Å². The van der Waals surface area contributed by atoms with Gasteiger partial charge in [-0.05, 0) is 86.8 Å². The van der Waals surface area contributed by atoms with Gasteiger partial charge in [0.1, 0.15) is 12.4 Å². The highest BCUT2D eigenvalue weighted by Crippen LogP contribution is 2.31. The van der Waals surface area contributed by atoms with E-state index in [0.29, 0.717) is 30.0 Å². The number of benzene rings is 2. The van der Waals surface area contributed by atoms with Gasteiger partial charge in [0.2, 0.25) is 5.88 Å². The van der Waals surface area contributed by atoms with Gasteiger partial charge in [0.25, 0.3) is 5.91 Å². The highest BCUT2D eigenvalue weighted by molar-refractivity contribution is 6.04. The number of hydrogen-bond donors (Lipinski definition) is 1. The Bertz CT molecular complexity index is 1080. The number of anilines is 1. The highest BCUT2D eigenvalue weighted by Gasteiger charge is 2.33. The summed E-state index contributed by atoms with van der Waals surface area (Å²) < 4.78 is 11.8. The molecule has 0 aliphatic carbocycles. The van der Waals surface area contributed by atoms with Gasteiger partial charge in [0, 0.05) is 35.5 Å². The Morgan fingerprint density at radius 3 is 2.54 bits per heavy atom. The van der Waals surface area contributed by atoms with E-state index in [9.17, 15) is 4.79 Å². The molecule has 0 spiro atoms. The van der Waals surface area contributed by atoms with Crippen molar-refractivity contribution >= 4 is 11.6 Å². The third kappa shape index (κ3) is 6.20. The van der Waals surface area contributed by atoms with E-state index in [1.807, 2.05) is 66.7 Å². The number of nitrogens with zero attached hydrogens (tertiary/aromatic N) is 2. The maximum atomic E-state index is 12.7. The molecule has 2 fully saturated rings. The van der Waals surface area contributed by atoms with E-state index in [1.54, 1.807) is 6.20 Å². The Hall–Kier alpha value is -3.38. The molecule has 0 unspecified atom stereocenters. The van der Waals surface area contributed by atoms with Crippen LogP contribution in [0.1, 0.15) is 48.0 Å². The minimum atomic E-state index is -0.143. The molecule has 6 heteroatoms. The van der Waals surface area contributed by atoms with Crippen LogP contribution in [0.4, 0.5) is 5.69 Å². The zero-order valence-corrected chi connectivity index (χ0v) is 20.1. The van der Waals surface area contributed by atoms with Crippen molar-refractivity contribution in [3.8, 4) is 11.6 Å². The van der Waals surface area contributed by atoms with Gasteiger partial charge < -0.3 is 14.8 Å². The van der Waals surface area contributed by atoms with Crippen molar-refractivity contribution in [2.24, 2.45) is 5.92 Å². The zero-order valence-electron chi connectivity index (χ0n) is 20.1. The number of amides is 1. The van der Waals surface area contributed by atoms with E-state index in [0.717, 1.165) is 23.6 Å². The lowest BCUT2D eigenvalue weighted by atomic mass is 9.84. The standard InChI is InChI=1S/C29H33N3O3/c33-29(23-11-9-22(10-12-23)20-35-28-8-1-3-17-30-28)31-25-13-15-26(16-14-25)34-21-24-6-5-19-32-18-4-2-7-27(24)32/h1,3,8-17,24,27H,2,4-7,18-21H2,(H,31,33)/t24-,27+/m0/s1. The average molecular weight is 472 g/mol. The van der Waals surface area contributed by atoms with Crippen molar-refractivity contribution in [2.45, 2.75) is 44.8 Å². The molecule has 2 aliphatic rings. The van der Waals surface area contributed by atoms with Gasteiger partial charge in [0.05, 0.1) is 6.61 Å². The predicted octanol–water partition coefficient (Wildman–Crippen LogP) is 5.56. The molecule has 6 nitrogen and oxygen atoms in total. The predicted molar refractivity (Wildman–Crippen MR) is 137 cm³/mol. The zero-order chi connectivity index (χ0) is 23.9. The first-order valence-electron chi connectivity index (χ1n) is 12.7. The first-order chi connectivity index (χ1) is 17.2. The summed E-state index contributed by atoms with van der Waals surface area (Å²) in [5.74, 6) is 1.90. The number of piperidine rings is 2. The number of nitrogens with one attached hydrogen (secondary N) is 1. The second kappa shape index (κ2) is 11.4. The van der Waals surface area contributed by atoms with E-state index in [4.69, 9.17) is 9.47 Å². The van der Waals surface area contributed by atoms with Gasteiger partial charge >= 0.3 is 0 Å². The maximum Gasteiger partial charge on any atom is 0.255 e. The third-order valence-electron chi connectivity index (χ3n) is 7.05. The highest BCUT2D eigenvalue weighted by atomic mass is 16.5. The molecule has 0 bridgehead atoms. The summed E-state index contributed by atoms with van der Waals surface area (Å²) >= 11 is 0. The fourth-order valence-electron chi connectivity index (χ4n) is 5.15. The minimum absolute atomic E-state index is 0.143. The van der Waals surface area contributed by atoms with Crippen molar-refractivity contribution in [1.82, 2.24) is 9.88 Å². The van der Waals surface area contributed by atoms with Crippen LogP contribution in [0.25, 0.3) is 0 Å². The van der Waals surface area contributed by atoms with Crippen LogP contribution in [0, 0.1) is 5.92 Å². The fourth-order valence-corrected chi connectivity index (χ4v) is 5.15. The monoisotopic (exact) mass is 471 g/mol. The molecule has 2 atom stereocenters. The van der Waals surface area contributed by atoms with Crippen LogP contribution in [0.2, 0.25) is 0 Å². The van der Waals surface area contributed by atoms with Gasteiger partial charge in [-0.1, -0.05) is 24.6 Å². The van der Waals surface area contributed by atoms with Crippen LogP contribution in [-0.2, 0) is 6.61 Å². The fraction of sp³-hybridized carbons (Fsp3) is 0.379. The summed E-state index contributed by atoms with van der Waals surface area (Å²) in [6.07, 6.45) is 8.20. The van der Waals surface area contributed by atoms with Gasteiger partial charge in [-0.15, -0.1) is 0 Å². The molecular formula is C29H33N3O3. The molecule has 5 rings (SSSR count). The maximum absolute atomic E-state index is 12.7. The lowest BCUT2D eigenvalue weighted by Gasteiger charge is -2.44. The third-order valence-corrected chi connectivity index (χ3v) is 7.05. The summed E-state index contributed by atoms with van der Waals surface area (Å²) in [6.45, 7) is 3.66. The van der Waals surface area contributed by atoms with E-state index in [2.05, 4.69) is 15.2 Å². The Morgan fingerprint density at radius 1 is 0.914 bits per heavy atom. The molecule has 35 heavy (non-hydrogen) atoms. The summed E-state index contributed by atoms with van der Waals surface area (Å²) in [5.41, 5.74) is 2.32. The van der Waals surface area contributed by atoms with Gasteiger partial charge in [0.15, 0.2) is 0 Å². The molecule has 1 N–H and O–H groups in total. The van der Waals surface area contributed by atoms with Crippen LogP contribution in [0.5, 0.6) is 11.6 Å². The number of rotatable bonds is 8. The average Bonchev–Trinajstić information content (AvgIpc) is 2.92. The Kier molecular flexibility index (Phi) is 7.59. The summed E-state index contributed by atoms with van der Waals surface area (Å²) in [7, 11) is 0. The Morgan fingerprint density at radius 2 is 1.74 bits per heavy atom. The molecule has 3 aromatic rings. The SMILES string of the molecule is O=C(Nc1ccc(OC[C@@H]2CCCN3CCCC[C@H]23)cc1)c1ccc(COc2ccccn2)cc1. The van der Waals surface area contributed by atoms with Crippen molar-refractivity contribution in [2.75, 3.05) is 25.0 Å². The molecule has 0 saturated carbocycles. The van der Waals surface area contributed by atoms with Gasteiger partial charge in [-0.2, -0.15) is 0 Å². The second-order valence-electron chi connectivity index (χ2n) is 9.44. The van der Waals surface area contributed by atoms with Crippen LogP contribution in [0.15, 0.2) is 72.9 Å². The number of carbonyl (C=O) groups is 1. The number of carbonyl (C=O) groups excluding carboxylic acids is 1. The number of ether oxygens (including phenoxy) is 2. The molecule has 1 amide bonds. The van der Waals surface area contributed by atoms with Gasteiger partial charge in [-0.3, -0.25) is 9.69 Å². The lowest BCUT2D eigenvalue weighted by Crippen LogP contribution is -2.49. The first-order valence-corrected chi connectivity index (χ1v) is 12.7. The van der Waals surface area contributed by atoms with E-state index >= 15 is 0 Å². The molecule has 1 aromatic heterocycles. The van der Waals surface area contributed by atoms with Crippen molar-refractivity contribution in [1.29, 1.82) is 0 Å². The smallest absolute Gasteiger partial charge is 0.255 e. The quantitative estimate of drug-likeness (QED) is 0.466. The normalized spacial score (nSPS) is 20.0. The van der Waals surface area contributed by atoms with E-state index < -0.39 is 0 Å². The Balaban J connectivity index is 1.10. The summed E-state index contributed by atoms with van der Waals surface area (Å²) in [4.78, 5) is 19.5. The van der Waals surface area contributed by atoms with Crippen molar-refractivity contribution in [3.63, 3.8) is 0 Å². The molecule has 3 heterocycles. The van der Waals surface area contributed by atoms with Crippen molar-refractivity contribution < 1.29 is 14.3 Å². The largest absolute Gasteiger partial charge is 0.493 e. The summed E-state index contributed by atoms with van der Waals surface area (Å²) in [5, 5.41) is 2.96. The Labute approximate surface area is 207 Å². The first kappa shape index (κ1) is 23.4. The van der Waals surface area contributed by atoms with Gasteiger partial charge in [-0.25, -0.2) is 4.98 Å². The summed E-state index contributed by atoms with van der Waals surface area (Å²) in [6, 6.07) is 21.3. The molecular weight excluding hydrogens is 438 g/mol. The number of hydrogen-bond acceptors (Lipinski definition) is 5. The van der Waals surface area contributed by atoms with Crippen LogP contribution in [-0.4, -0.2) is 41.5 Å². The molecule has 0 radical (unpaired) electrons. The van der Waals surface area contributed by atoms with Crippen LogP contribution < -0.4 is 14.8 Å². The molecule has 2 aromatic carbocycles. The molecule has 182 valence electrons. The number of fused-ring (bicyclic) bond motifs is 1. The van der Waals surface area contributed by atoms with Crippen LogP contribution in [0.3, 0.4) is 0 Å². The molecule has 2 aliphatic heterocycles.